The van der Waals surface area contributed by atoms with Crippen molar-refractivity contribution in [2.75, 3.05) is 23.7 Å². The number of benzene rings is 1. The van der Waals surface area contributed by atoms with Gasteiger partial charge in [-0.1, -0.05) is 6.92 Å². The number of nitrogens with two attached hydrogens (primary N) is 2. The summed E-state index contributed by atoms with van der Waals surface area (Å²) in [5, 5.41) is 0. The normalized spacial score (nSPS) is 10.1. The molecule has 0 fully saturated rings. The van der Waals surface area contributed by atoms with E-state index in [-0.39, 0.29) is 0 Å². The van der Waals surface area contributed by atoms with Gasteiger partial charge in [0.15, 0.2) is 0 Å². The predicted octanol–water partition coefficient (Wildman–Crippen LogP) is 1.60. The van der Waals surface area contributed by atoms with Crippen LogP contribution < -0.4 is 16.4 Å². The van der Waals surface area contributed by atoms with Crippen molar-refractivity contribution in [1.82, 2.24) is 0 Å². The quantitative estimate of drug-likeness (QED) is 0.742. The lowest BCUT2D eigenvalue weighted by atomic mass is 10.1. The third-order valence-electron chi connectivity index (χ3n) is 2.54. The zero-order chi connectivity index (χ0) is 12.1. The third kappa shape index (κ3) is 2.66. The van der Waals surface area contributed by atoms with Crippen LogP contribution in [0.15, 0.2) is 18.2 Å². The van der Waals surface area contributed by atoms with Crippen molar-refractivity contribution < 1.29 is 4.79 Å². The molecule has 0 aliphatic rings. The highest BCUT2D eigenvalue weighted by molar-refractivity contribution is 5.99. The molecule has 0 atom stereocenters. The van der Waals surface area contributed by atoms with Gasteiger partial charge in [0.1, 0.15) is 0 Å². The average molecular weight is 221 g/mol. The second-order valence-electron chi connectivity index (χ2n) is 3.72. The van der Waals surface area contributed by atoms with Gasteiger partial charge in [0.25, 0.3) is 5.91 Å². The smallest absolute Gasteiger partial charge is 0.250 e. The van der Waals surface area contributed by atoms with Gasteiger partial charge in [0.05, 0.1) is 5.56 Å². The number of hydrogen-bond acceptors (Lipinski definition) is 3. The highest BCUT2D eigenvalue weighted by Gasteiger charge is 2.09. The molecule has 1 aromatic carbocycles. The highest BCUT2D eigenvalue weighted by atomic mass is 16.1. The molecule has 4 heteroatoms. The van der Waals surface area contributed by atoms with Crippen LogP contribution in [0, 0.1) is 0 Å². The summed E-state index contributed by atoms with van der Waals surface area (Å²) in [6, 6.07) is 5.41. The molecule has 0 spiro atoms. The van der Waals surface area contributed by atoms with Gasteiger partial charge in [-0.15, -0.1) is 0 Å². The van der Waals surface area contributed by atoms with Crippen LogP contribution in [-0.2, 0) is 0 Å². The van der Waals surface area contributed by atoms with Crippen LogP contribution in [0.5, 0.6) is 0 Å². The summed E-state index contributed by atoms with van der Waals surface area (Å²) in [4.78, 5) is 13.4. The van der Waals surface area contributed by atoms with Crippen LogP contribution in [0.2, 0.25) is 0 Å². The first-order chi connectivity index (χ1) is 7.60. The van der Waals surface area contributed by atoms with E-state index < -0.39 is 5.91 Å². The summed E-state index contributed by atoms with van der Waals surface area (Å²) in [6.07, 6.45) is 1.06. The molecule has 0 radical (unpaired) electrons. The van der Waals surface area contributed by atoms with Gasteiger partial charge in [-0.3, -0.25) is 4.79 Å². The van der Waals surface area contributed by atoms with Gasteiger partial charge in [0.2, 0.25) is 0 Å². The number of primary amides is 1. The molecule has 0 saturated carbocycles. The molecule has 1 rings (SSSR count). The van der Waals surface area contributed by atoms with E-state index in [4.69, 9.17) is 11.5 Å². The van der Waals surface area contributed by atoms with Crippen LogP contribution in [0.3, 0.4) is 0 Å². The molecule has 4 N–H and O–H groups in total. The monoisotopic (exact) mass is 221 g/mol. The van der Waals surface area contributed by atoms with Crippen molar-refractivity contribution in [3.8, 4) is 0 Å². The number of carbonyl (C=O) groups is 1. The topological polar surface area (TPSA) is 72.3 Å². The molecule has 0 saturated heterocycles. The Morgan fingerprint density at radius 3 is 2.56 bits per heavy atom. The second-order valence-corrected chi connectivity index (χ2v) is 3.72. The van der Waals surface area contributed by atoms with Crippen molar-refractivity contribution in [2.24, 2.45) is 5.73 Å². The van der Waals surface area contributed by atoms with Crippen molar-refractivity contribution in [3.05, 3.63) is 23.8 Å². The average Bonchev–Trinajstić information content (AvgIpc) is 2.26. The summed E-state index contributed by atoms with van der Waals surface area (Å²) < 4.78 is 0. The molecule has 16 heavy (non-hydrogen) atoms. The Bertz CT molecular complexity index is 377. The Kier molecular flexibility index (Phi) is 4.17. The summed E-state index contributed by atoms with van der Waals surface area (Å²) >= 11 is 0. The minimum Gasteiger partial charge on any atom is -0.398 e. The number of hydrogen-bond donors (Lipinski definition) is 2. The number of nitrogens with zero attached hydrogens (tertiary/aromatic N) is 1. The van der Waals surface area contributed by atoms with Crippen LogP contribution in [0.4, 0.5) is 11.4 Å². The van der Waals surface area contributed by atoms with E-state index in [0.717, 1.165) is 25.2 Å². The molecule has 0 unspecified atom stereocenters. The SMILES string of the molecule is CCCN(CC)c1ccc(N)c(C(N)=O)c1. The maximum atomic E-state index is 11.2. The lowest BCUT2D eigenvalue weighted by molar-refractivity contribution is 0.100. The fraction of sp³-hybridized carbons (Fsp3) is 0.417. The summed E-state index contributed by atoms with van der Waals surface area (Å²) in [7, 11) is 0. The lowest BCUT2D eigenvalue weighted by Gasteiger charge is -2.23. The minimum absolute atomic E-state index is 0.395. The van der Waals surface area contributed by atoms with E-state index in [9.17, 15) is 4.79 Å². The fourth-order valence-electron chi connectivity index (χ4n) is 1.69. The maximum absolute atomic E-state index is 11.2. The van der Waals surface area contributed by atoms with E-state index >= 15 is 0 Å². The Morgan fingerprint density at radius 1 is 1.38 bits per heavy atom. The molecule has 1 amide bonds. The lowest BCUT2D eigenvalue weighted by Crippen LogP contribution is -2.24. The largest absolute Gasteiger partial charge is 0.398 e. The Hall–Kier alpha value is -1.71. The van der Waals surface area contributed by atoms with Gasteiger partial charge >= 0.3 is 0 Å². The molecule has 0 aliphatic heterocycles. The van der Waals surface area contributed by atoms with E-state index in [1.807, 2.05) is 6.07 Å². The van der Waals surface area contributed by atoms with E-state index in [2.05, 4.69) is 18.7 Å². The molecular formula is C12H19N3O. The van der Waals surface area contributed by atoms with Gasteiger partial charge in [-0.05, 0) is 31.5 Å². The molecule has 0 aliphatic carbocycles. The van der Waals surface area contributed by atoms with Crippen LogP contribution in [0.25, 0.3) is 0 Å². The predicted molar refractivity (Wildman–Crippen MR) is 67.6 cm³/mol. The van der Waals surface area contributed by atoms with Crippen molar-refractivity contribution in [2.45, 2.75) is 20.3 Å². The molecule has 0 heterocycles. The summed E-state index contributed by atoms with van der Waals surface area (Å²) in [5.74, 6) is -0.480. The van der Waals surface area contributed by atoms with Crippen molar-refractivity contribution >= 4 is 17.3 Å². The minimum atomic E-state index is -0.480. The number of amides is 1. The highest BCUT2D eigenvalue weighted by Crippen LogP contribution is 2.21. The van der Waals surface area contributed by atoms with Crippen molar-refractivity contribution in [1.29, 1.82) is 0 Å². The second kappa shape index (κ2) is 5.39. The Balaban J connectivity index is 3.05. The summed E-state index contributed by atoms with van der Waals surface area (Å²) in [5.41, 5.74) is 12.8. The van der Waals surface area contributed by atoms with E-state index in [1.54, 1.807) is 12.1 Å². The van der Waals surface area contributed by atoms with Crippen molar-refractivity contribution in [3.63, 3.8) is 0 Å². The third-order valence-corrected chi connectivity index (χ3v) is 2.54. The first-order valence-corrected chi connectivity index (χ1v) is 5.54. The van der Waals surface area contributed by atoms with Crippen LogP contribution >= 0.6 is 0 Å². The first-order valence-electron chi connectivity index (χ1n) is 5.54. The molecule has 1 aromatic rings. The first kappa shape index (κ1) is 12.4. The van der Waals surface area contributed by atoms with Gasteiger partial charge in [-0.25, -0.2) is 0 Å². The molecule has 4 nitrogen and oxygen atoms in total. The number of carbonyl (C=O) groups excluding carboxylic acids is 1. The zero-order valence-corrected chi connectivity index (χ0v) is 9.86. The molecule has 0 aromatic heterocycles. The molecule has 0 bridgehead atoms. The molecule has 88 valence electrons. The maximum Gasteiger partial charge on any atom is 0.250 e. The number of anilines is 2. The van der Waals surface area contributed by atoms with Crippen LogP contribution in [-0.4, -0.2) is 19.0 Å². The van der Waals surface area contributed by atoms with Gasteiger partial charge in [0, 0.05) is 24.5 Å². The number of nitrogen functional groups attached to an aromatic ring is 1. The van der Waals surface area contributed by atoms with Gasteiger partial charge in [-0.2, -0.15) is 0 Å². The Morgan fingerprint density at radius 2 is 2.06 bits per heavy atom. The zero-order valence-electron chi connectivity index (χ0n) is 9.86. The standard InChI is InChI=1S/C12H19N3O/c1-3-7-15(4-2)9-5-6-11(13)10(8-9)12(14)16/h5-6,8H,3-4,7,13H2,1-2H3,(H2,14,16). The van der Waals surface area contributed by atoms with Crippen LogP contribution in [0.1, 0.15) is 30.6 Å². The van der Waals surface area contributed by atoms with E-state index in [0.29, 0.717) is 11.3 Å². The number of rotatable bonds is 5. The van der Waals surface area contributed by atoms with E-state index in [1.165, 1.54) is 0 Å². The Labute approximate surface area is 96.2 Å². The summed E-state index contributed by atoms with van der Waals surface area (Å²) in [6.45, 7) is 6.06. The van der Waals surface area contributed by atoms with Gasteiger partial charge < -0.3 is 16.4 Å². The molecular weight excluding hydrogens is 202 g/mol. The fourth-order valence-corrected chi connectivity index (χ4v) is 1.69.